The van der Waals surface area contributed by atoms with Gasteiger partial charge in [0.05, 0.1) is 6.10 Å². The number of nitrogens with zero attached hydrogens (tertiary/aromatic N) is 2. The smallest absolute Gasteiger partial charge is 0.222 e. The minimum atomic E-state index is -0.134. The Balaban J connectivity index is 2.48. The molecule has 6 nitrogen and oxygen atoms in total. The van der Waals surface area contributed by atoms with Crippen LogP contribution in [0.3, 0.4) is 0 Å². The summed E-state index contributed by atoms with van der Waals surface area (Å²) in [6.45, 7) is 15.4. The number of hydrogen-bond acceptors (Lipinski definition) is 4. The Morgan fingerprint density at radius 1 is 0.435 bits per heavy atom. The van der Waals surface area contributed by atoms with Gasteiger partial charge in [-0.3, -0.25) is 9.59 Å². The van der Waals surface area contributed by atoms with Crippen molar-refractivity contribution in [3.63, 3.8) is 0 Å². The standard InChI is InChI=1S/C63H125N3O3/c1-6-11-16-20-24-26-36-44-56-65(57-45-37-27-25-21-17-12-7-2)61(68)48-40-32-28-34-42-52-63(53-50-60(67)51-54-63)64-55-43-35-29-33-41-49-62(69)66(58-15-10-5)59(46-38-30-22-18-13-8-3)47-39-31-23-19-14-9-4/h59-60,64,67H,6-58H2,1-5H3. The van der Waals surface area contributed by atoms with Crippen LogP contribution in [-0.4, -0.2) is 70.6 Å². The molecule has 0 aromatic rings. The highest BCUT2D eigenvalue weighted by Gasteiger charge is 2.33. The van der Waals surface area contributed by atoms with Crippen LogP contribution in [0.2, 0.25) is 0 Å². The van der Waals surface area contributed by atoms with Crippen molar-refractivity contribution in [3.8, 4) is 0 Å². The summed E-state index contributed by atoms with van der Waals surface area (Å²) in [6.07, 6.45) is 60.0. The van der Waals surface area contributed by atoms with E-state index in [9.17, 15) is 14.7 Å². The summed E-state index contributed by atoms with van der Waals surface area (Å²) in [5, 5.41) is 14.5. The van der Waals surface area contributed by atoms with E-state index in [2.05, 4.69) is 49.7 Å². The van der Waals surface area contributed by atoms with Crippen molar-refractivity contribution in [2.75, 3.05) is 26.2 Å². The lowest BCUT2D eigenvalue weighted by Crippen LogP contribution is -2.49. The molecule has 0 aromatic carbocycles. The summed E-state index contributed by atoms with van der Waals surface area (Å²) < 4.78 is 0. The predicted molar refractivity (Wildman–Crippen MR) is 303 cm³/mol. The fraction of sp³-hybridized carbons (Fsp3) is 0.968. The van der Waals surface area contributed by atoms with Gasteiger partial charge in [0, 0.05) is 44.1 Å². The van der Waals surface area contributed by atoms with E-state index in [1.54, 1.807) is 0 Å². The molecule has 0 bridgehead atoms. The molecule has 2 amide bonds. The molecular formula is C63H125N3O3. The number of aliphatic hydroxyl groups is 1. The Hall–Kier alpha value is -1.14. The number of hydrogen-bond donors (Lipinski definition) is 2. The lowest BCUT2D eigenvalue weighted by atomic mass is 9.77. The van der Waals surface area contributed by atoms with Crippen LogP contribution in [0.5, 0.6) is 0 Å². The van der Waals surface area contributed by atoms with Gasteiger partial charge in [0.25, 0.3) is 0 Å². The predicted octanol–water partition coefficient (Wildman–Crippen LogP) is 18.9. The van der Waals surface area contributed by atoms with Crippen molar-refractivity contribution in [1.82, 2.24) is 15.1 Å². The molecule has 0 saturated heterocycles. The first-order valence-electron chi connectivity index (χ1n) is 31.9. The van der Waals surface area contributed by atoms with Crippen LogP contribution < -0.4 is 5.32 Å². The molecule has 1 saturated carbocycles. The van der Waals surface area contributed by atoms with Gasteiger partial charge in [-0.2, -0.15) is 0 Å². The maximum absolute atomic E-state index is 13.9. The number of carbonyl (C=O) groups excluding carboxylic acids is 2. The number of rotatable bonds is 53. The molecule has 1 fully saturated rings. The molecule has 0 unspecified atom stereocenters. The largest absolute Gasteiger partial charge is 0.393 e. The second-order valence-corrected chi connectivity index (χ2v) is 22.8. The van der Waals surface area contributed by atoms with Crippen LogP contribution in [-0.2, 0) is 9.59 Å². The molecule has 0 radical (unpaired) electrons. The monoisotopic (exact) mass is 972 g/mol. The first-order valence-corrected chi connectivity index (χ1v) is 31.9. The summed E-state index contributed by atoms with van der Waals surface area (Å²) in [7, 11) is 0. The van der Waals surface area contributed by atoms with E-state index in [1.807, 2.05) is 0 Å². The quantitative estimate of drug-likeness (QED) is 0.0596. The van der Waals surface area contributed by atoms with Gasteiger partial charge in [-0.05, 0) is 90.0 Å². The second kappa shape index (κ2) is 49.1. The normalized spacial score (nSPS) is 16.2. The van der Waals surface area contributed by atoms with Crippen molar-refractivity contribution in [3.05, 3.63) is 0 Å². The van der Waals surface area contributed by atoms with Crippen molar-refractivity contribution >= 4 is 11.8 Å². The first-order chi connectivity index (χ1) is 33.9. The average molecular weight is 973 g/mol. The van der Waals surface area contributed by atoms with Gasteiger partial charge in [0.1, 0.15) is 0 Å². The highest BCUT2D eigenvalue weighted by molar-refractivity contribution is 5.76. The summed E-state index contributed by atoms with van der Waals surface area (Å²) in [5.74, 6) is 0.844. The Morgan fingerprint density at radius 2 is 0.797 bits per heavy atom. The van der Waals surface area contributed by atoms with E-state index in [4.69, 9.17) is 0 Å². The van der Waals surface area contributed by atoms with E-state index in [1.165, 1.54) is 238 Å². The van der Waals surface area contributed by atoms with Gasteiger partial charge in [0.2, 0.25) is 11.8 Å². The third kappa shape index (κ3) is 38.2. The summed E-state index contributed by atoms with van der Waals surface area (Å²) >= 11 is 0. The minimum absolute atomic E-state index is 0.134. The van der Waals surface area contributed by atoms with E-state index >= 15 is 0 Å². The van der Waals surface area contributed by atoms with E-state index in [0.717, 1.165) is 103 Å². The zero-order chi connectivity index (χ0) is 50.1. The molecule has 0 spiro atoms. The Morgan fingerprint density at radius 3 is 1.25 bits per heavy atom. The zero-order valence-electron chi connectivity index (χ0n) is 47.8. The van der Waals surface area contributed by atoms with Gasteiger partial charge >= 0.3 is 0 Å². The lowest BCUT2D eigenvalue weighted by Gasteiger charge is -2.40. The number of aliphatic hydroxyl groups excluding tert-OH is 1. The van der Waals surface area contributed by atoms with Crippen molar-refractivity contribution < 1.29 is 14.7 Å². The van der Waals surface area contributed by atoms with E-state index < -0.39 is 0 Å². The van der Waals surface area contributed by atoms with E-state index in [-0.39, 0.29) is 11.6 Å². The third-order valence-electron chi connectivity index (χ3n) is 16.2. The molecule has 1 aliphatic carbocycles. The number of amides is 2. The van der Waals surface area contributed by atoms with Gasteiger partial charge in [-0.15, -0.1) is 0 Å². The maximum Gasteiger partial charge on any atom is 0.222 e. The van der Waals surface area contributed by atoms with Crippen molar-refractivity contribution in [1.29, 1.82) is 0 Å². The molecule has 0 aromatic heterocycles. The fourth-order valence-electron chi connectivity index (χ4n) is 11.4. The van der Waals surface area contributed by atoms with Crippen molar-refractivity contribution in [2.45, 2.75) is 367 Å². The van der Waals surface area contributed by atoms with Crippen LogP contribution >= 0.6 is 0 Å². The Labute approximate surface area is 433 Å². The molecule has 69 heavy (non-hydrogen) atoms. The van der Waals surface area contributed by atoms with Crippen molar-refractivity contribution in [2.24, 2.45) is 0 Å². The van der Waals surface area contributed by atoms with Gasteiger partial charge in [-0.1, -0.05) is 253 Å². The number of carbonyl (C=O) groups is 2. The lowest BCUT2D eigenvalue weighted by molar-refractivity contribution is -0.134. The van der Waals surface area contributed by atoms with E-state index in [0.29, 0.717) is 17.9 Å². The first kappa shape index (κ1) is 65.9. The van der Waals surface area contributed by atoms with Crippen LogP contribution in [0, 0.1) is 0 Å². The highest BCUT2D eigenvalue weighted by Crippen LogP contribution is 2.33. The second-order valence-electron chi connectivity index (χ2n) is 22.8. The highest BCUT2D eigenvalue weighted by atomic mass is 16.3. The van der Waals surface area contributed by atoms with Crippen LogP contribution in [0.25, 0.3) is 0 Å². The van der Waals surface area contributed by atoms with Crippen LogP contribution in [0.1, 0.15) is 349 Å². The van der Waals surface area contributed by atoms with Gasteiger partial charge < -0.3 is 20.2 Å². The molecule has 1 rings (SSSR count). The topological polar surface area (TPSA) is 72.9 Å². The minimum Gasteiger partial charge on any atom is -0.393 e. The Bertz CT molecular complexity index is 1060. The third-order valence-corrected chi connectivity index (χ3v) is 16.2. The molecule has 6 heteroatoms. The molecule has 410 valence electrons. The summed E-state index contributed by atoms with van der Waals surface area (Å²) in [5.41, 5.74) is 0.177. The summed E-state index contributed by atoms with van der Waals surface area (Å²) in [4.78, 5) is 31.9. The molecule has 0 heterocycles. The van der Waals surface area contributed by atoms with Gasteiger partial charge in [0.15, 0.2) is 0 Å². The molecule has 2 N–H and O–H groups in total. The zero-order valence-corrected chi connectivity index (χ0v) is 47.8. The molecular weight excluding hydrogens is 847 g/mol. The maximum atomic E-state index is 13.9. The number of nitrogens with one attached hydrogen (secondary N) is 1. The number of unbranched alkanes of at least 4 members (excludes halogenated alkanes) is 33. The SMILES string of the molecule is CCCCCCCCCCN(CCCCCCCCCC)C(=O)CCCCCCCC1(NCCCCCCCC(=O)N(CCCC)C(CCCCCCCC)CCCCCCCC)CCC(O)CC1. The molecule has 0 atom stereocenters. The Kier molecular flexibility index (Phi) is 46.9. The van der Waals surface area contributed by atoms with Crippen LogP contribution in [0.4, 0.5) is 0 Å². The average Bonchev–Trinajstić information content (AvgIpc) is 3.35. The van der Waals surface area contributed by atoms with Crippen LogP contribution in [0.15, 0.2) is 0 Å². The fourth-order valence-corrected chi connectivity index (χ4v) is 11.4. The van der Waals surface area contributed by atoms with Gasteiger partial charge in [-0.25, -0.2) is 0 Å². The summed E-state index contributed by atoms with van der Waals surface area (Å²) in [6, 6.07) is 0.441. The molecule has 1 aliphatic rings. The molecule has 0 aliphatic heterocycles.